The zero-order valence-electron chi connectivity index (χ0n) is 8.40. The van der Waals surface area contributed by atoms with Gasteiger partial charge in [0.05, 0.1) is 6.17 Å². The van der Waals surface area contributed by atoms with Gasteiger partial charge in [0.2, 0.25) is 0 Å². The van der Waals surface area contributed by atoms with Gasteiger partial charge in [-0.2, -0.15) is 0 Å². The molecule has 0 aromatic carbocycles. The second kappa shape index (κ2) is 5.55. The van der Waals surface area contributed by atoms with Gasteiger partial charge in [0, 0.05) is 6.04 Å². The Morgan fingerprint density at radius 1 is 1.25 bits per heavy atom. The second-order valence-corrected chi connectivity index (χ2v) is 3.78. The van der Waals surface area contributed by atoms with E-state index in [0.29, 0.717) is 6.17 Å². The van der Waals surface area contributed by atoms with Gasteiger partial charge in [-0.25, -0.2) is 0 Å². The molecule has 0 amide bonds. The average molecular weight is 170 g/mol. The maximum absolute atomic E-state index is 3.61. The highest BCUT2D eigenvalue weighted by Crippen LogP contribution is 2.17. The van der Waals surface area contributed by atoms with E-state index in [-0.39, 0.29) is 0 Å². The largest absolute Gasteiger partial charge is 0.302 e. The van der Waals surface area contributed by atoms with Crippen LogP contribution in [0.25, 0.3) is 0 Å². The fraction of sp³-hybridized carbons (Fsp3) is 1.00. The Morgan fingerprint density at radius 3 is 2.50 bits per heavy atom. The molecular formula is C10H22N2. The topological polar surface area (TPSA) is 24.1 Å². The van der Waals surface area contributed by atoms with Gasteiger partial charge in [0.1, 0.15) is 0 Å². The van der Waals surface area contributed by atoms with Gasteiger partial charge in [-0.15, -0.1) is 0 Å². The maximum atomic E-state index is 3.61. The van der Waals surface area contributed by atoms with Gasteiger partial charge in [0.25, 0.3) is 0 Å². The summed E-state index contributed by atoms with van der Waals surface area (Å²) in [7, 11) is 0. The van der Waals surface area contributed by atoms with Crippen LogP contribution in [0.1, 0.15) is 46.0 Å². The Balaban J connectivity index is 2.11. The molecule has 0 radical (unpaired) electrons. The first-order valence-corrected chi connectivity index (χ1v) is 5.32. The Hall–Kier alpha value is -0.0800. The average Bonchev–Trinajstić information content (AvgIpc) is 2.06. The lowest BCUT2D eigenvalue weighted by atomic mass is 9.95. The van der Waals surface area contributed by atoms with Crippen molar-refractivity contribution in [2.24, 2.45) is 0 Å². The monoisotopic (exact) mass is 170 g/mol. The summed E-state index contributed by atoms with van der Waals surface area (Å²) in [5.41, 5.74) is 0. The highest BCUT2D eigenvalue weighted by Gasteiger charge is 2.14. The smallest absolute Gasteiger partial charge is 0.0544 e. The lowest BCUT2D eigenvalue weighted by molar-refractivity contribution is 0.322. The standard InChI is InChI=1S/C10H22N2/c1-3-11-9(2)12-10-7-5-4-6-8-10/h9-12H,3-8H2,1-2H3. The number of hydrogen-bond donors (Lipinski definition) is 2. The van der Waals surface area contributed by atoms with E-state index < -0.39 is 0 Å². The van der Waals surface area contributed by atoms with E-state index in [4.69, 9.17) is 0 Å². The molecule has 1 saturated carbocycles. The summed E-state index contributed by atoms with van der Waals surface area (Å²) in [5.74, 6) is 0. The number of nitrogens with one attached hydrogen (secondary N) is 2. The number of rotatable bonds is 4. The summed E-state index contributed by atoms with van der Waals surface area (Å²) in [6, 6.07) is 0.771. The molecule has 1 rings (SSSR count). The van der Waals surface area contributed by atoms with Crippen LogP contribution in [0.3, 0.4) is 0 Å². The summed E-state index contributed by atoms with van der Waals surface area (Å²) in [4.78, 5) is 0. The first-order chi connectivity index (χ1) is 5.83. The van der Waals surface area contributed by atoms with E-state index in [1.165, 1.54) is 32.1 Å². The highest BCUT2D eigenvalue weighted by molar-refractivity contribution is 4.73. The molecule has 0 bridgehead atoms. The molecule has 0 heterocycles. The molecular weight excluding hydrogens is 148 g/mol. The maximum Gasteiger partial charge on any atom is 0.0544 e. The zero-order valence-corrected chi connectivity index (χ0v) is 8.40. The van der Waals surface area contributed by atoms with Crippen LogP contribution >= 0.6 is 0 Å². The normalized spacial score (nSPS) is 22.5. The predicted molar refractivity (Wildman–Crippen MR) is 53.1 cm³/mol. The molecule has 0 aromatic heterocycles. The second-order valence-electron chi connectivity index (χ2n) is 3.78. The predicted octanol–water partition coefficient (Wildman–Crippen LogP) is 1.86. The molecule has 1 aliphatic rings. The van der Waals surface area contributed by atoms with Crippen LogP contribution in [0.2, 0.25) is 0 Å². The van der Waals surface area contributed by atoms with Crippen molar-refractivity contribution >= 4 is 0 Å². The molecule has 0 aromatic rings. The van der Waals surface area contributed by atoms with Crippen molar-refractivity contribution in [1.29, 1.82) is 0 Å². The highest BCUT2D eigenvalue weighted by atomic mass is 15.1. The van der Waals surface area contributed by atoms with Crippen LogP contribution < -0.4 is 10.6 Å². The molecule has 2 N–H and O–H groups in total. The van der Waals surface area contributed by atoms with Gasteiger partial charge < -0.3 is 5.32 Å². The molecule has 12 heavy (non-hydrogen) atoms. The summed E-state index contributed by atoms with van der Waals surface area (Å²) in [5, 5.41) is 6.99. The molecule has 2 heteroatoms. The van der Waals surface area contributed by atoms with E-state index in [2.05, 4.69) is 24.5 Å². The van der Waals surface area contributed by atoms with E-state index in [0.717, 1.165) is 12.6 Å². The van der Waals surface area contributed by atoms with Gasteiger partial charge in [-0.3, -0.25) is 5.32 Å². The fourth-order valence-electron chi connectivity index (χ4n) is 1.99. The van der Waals surface area contributed by atoms with Crippen molar-refractivity contribution in [1.82, 2.24) is 10.6 Å². The molecule has 0 spiro atoms. The Bertz CT molecular complexity index is 108. The van der Waals surface area contributed by atoms with E-state index >= 15 is 0 Å². The van der Waals surface area contributed by atoms with Crippen LogP contribution in [0.5, 0.6) is 0 Å². The Morgan fingerprint density at radius 2 is 1.92 bits per heavy atom. The fourth-order valence-corrected chi connectivity index (χ4v) is 1.99. The van der Waals surface area contributed by atoms with Crippen molar-refractivity contribution in [3.05, 3.63) is 0 Å². The van der Waals surface area contributed by atoms with Crippen LogP contribution in [-0.4, -0.2) is 18.8 Å². The first kappa shape index (κ1) is 10.0. The minimum Gasteiger partial charge on any atom is -0.302 e. The van der Waals surface area contributed by atoms with Gasteiger partial charge in [-0.05, 0) is 26.3 Å². The molecule has 1 unspecified atom stereocenters. The molecule has 1 fully saturated rings. The summed E-state index contributed by atoms with van der Waals surface area (Å²) < 4.78 is 0. The van der Waals surface area contributed by atoms with Crippen LogP contribution in [-0.2, 0) is 0 Å². The third-order valence-electron chi connectivity index (χ3n) is 2.60. The first-order valence-electron chi connectivity index (χ1n) is 5.32. The molecule has 0 aliphatic heterocycles. The minimum absolute atomic E-state index is 0.484. The van der Waals surface area contributed by atoms with Crippen LogP contribution in [0.15, 0.2) is 0 Å². The SMILES string of the molecule is CCNC(C)NC1CCCCC1. The third-order valence-corrected chi connectivity index (χ3v) is 2.60. The van der Waals surface area contributed by atoms with Crippen molar-refractivity contribution in [3.63, 3.8) is 0 Å². The third kappa shape index (κ3) is 3.55. The lowest BCUT2D eigenvalue weighted by Crippen LogP contribution is -2.45. The van der Waals surface area contributed by atoms with Crippen molar-refractivity contribution in [2.45, 2.75) is 58.2 Å². The summed E-state index contributed by atoms with van der Waals surface area (Å²) >= 11 is 0. The van der Waals surface area contributed by atoms with Crippen molar-refractivity contribution in [2.75, 3.05) is 6.54 Å². The van der Waals surface area contributed by atoms with Gasteiger partial charge in [0.15, 0.2) is 0 Å². The van der Waals surface area contributed by atoms with Crippen LogP contribution in [0.4, 0.5) is 0 Å². The quantitative estimate of drug-likeness (QED) is 0.629. The van der Waals surface area contributed by atoms with Crippen LogP contribution in [0, 0.1) is 0 Å². The Kier molecular flexibility index (Phi) is 4.62. The van der Waals surface area contributed by atoms with E-state index in [1.807, 2.05) is 0 Å². The molecule has 1 aliphatic carbocycles. The van der Waals surface area contributed by atoms with E-state index in [9.17, 15) is 0 Å². The molecule has 72 valence electrons. The number of hydrogen-bond acceptors (Lipinski definition) is 2. The Labute approximate surface area is 76.1 Å². The molecule has 2 nitrogen and oxygen atoms in total. The summed E-state index contributed by atoms with van der Waals surface area (Å²) in [6.07, 6.45) is 7.49. The van der Waals surface area contributed by atoms with Crippen molar-refractivity contribution in [3.8, 4) is 0 Å². The molecule has 1 atom stereocenters. The van der Waals surface area contributed by atoms with Gasteiger partial charge >= 0.3 is 0 Å². The molecule has 0 saturated heterocycles. The zero-order chi connectivity index (χ0) is 8.81. The van der Waals surface area contributed by atoms with Gasteiger partial charge in [-0.1, -0.05) is 26.2 Å². The summed E-state index contributed by atoms with van der Waals surface area (Å²) in [6.45, 7) is 5.41. The lowest BCUT2D eigenvalue weighted by Gasteiger charge is -2.26. The minimum atomic E-state index is 0.484. The van der Waals surface area contributed by atoms with E-state index in [1.54, 1.807) is 0 Å². The van der Waals surface area contributed by atoms with Crippen molar-refractivity contribution < 1.29 is 0 Å².